The highest BCUT2D eigenvalue weighted by Crippen LogP contribution is 2.42. The molecule has 0 saturated heterocycles. The van der Waals surface area contributed by atoms with Crippen molar-refractivity contribution >= 4 is 53.3 Å². The summed E-state index contributed by atoms with van der Waals surface area (Å²) in [5.41, 5.74) is 5.51. The van der Waals surface area contributed by atoms with Gasteiger partial charge in [-0.05, 0) is 40.4 Å². The molecule has 0 bridgehead atoms. The second-order valence-corrected chi connectivity index (χ2v) is 12.7. The van der Waals surface area contributed by atoms with Crippen LogP contribution in [-0.4, -0.2) is 19.5 Å². The summed E-state index contributed by atoms with van der Waals surface area (Å²) in [5.74, 6) is 0.448. The van der Waals surface area contributed by atoms with E-state index >= 15 is 0 Å². The zero-order chi connectivity index (χ0) is 41.7. The fourth-order valence-electron chi connectivity index (χ4n) is 6.42. The van der Waals surface area contributed by atoms with Gasteiger partial charge in [0.15, 0.2) is 11.6 Å². The molecule has 0 aliphatic carbocycles. The van der Waals surface area contributed by atoms with Crippen LogP contribution >= 0.6 is 11.3 Å². The molecule has 0 N–H and O–H groups in total. The second-order valence-electron chi connectivity index (χ2n) is 11.7. The largest absolute Gasteiger partial charge is 0.277 e. The van der Waals surface area contributed by atoms with E-state index in [1.807, 2.05) is 72.8 Å². The normalized spacial score (nSPS) is 14.4. The molecule has 0 aliphatic rings. The number of benzene rings is 7. The Kier molecular flexibility index (Phi) is 4.69. The van der Waals surface area contributed by atoms with Crippen LogP contribution in [0.25, 0.3) is 93.0 Å². The van der Waals surface area contributed by atoms with Crippen molar-refractivity contribution in [2.24, 2.45) is 0 Å². The lowest BCUT2D eigenvalue weighted by Gasteiger charge is -2.12. The molecule has 0 aliphatic heterocycles. The Balaban J connectivity index is 1.27. The van der Waals surface area contributed by atoms with Gasteiger partial charge >= 0.3 is 0 Å². The Morgan fingerprint density at radius 1 is 0.440 bits per heavy atom. The fraction of sp³-hybridized carbons (Fsp3) is 0. The summed E-state index contributed by atoms with van der Waals surface area (Å²) >= 11 is 0.956. The van der Waals surface area contributed by atoms with Crippen LogP contribution in [0, 0.1) is 0 Å². The molecule has 0 atom stereocenters. The molecule has 4 nitrogen and oxygen atoms in total. The van der Waals surface area contributed by atoms with E-state index in [9.17, 15) is 2.74 Å². The number of aromatic nitrogens is 4. The van der Waals surface area contributed by atoms with E-state index in [1.165, 1.54) is 4.57 Å². The number of rotatable bonds is 5. The highest BCUT2D eigenvalue weighted by molar-refractivity contribution is 7.26. The molecule has 3 aromatic heterocycles. The van der Waals surface area contributed by atoms with E-state index in [0.717, 1.165) is 33.6 Å². The first-order valence-electron chi connectivity index (χ1n) is 20.9. The van der Waals surface area contributed by atoms with E-state index in [1.54, 1.807) is 0 Å². The highest BCUT2D eigenvalue weighted by atomic mass is 32.1. The van der Waals surface area contributed by atoms with Gasteiger partial charge in [0.2, 0.25) is 5.95 Å². The molecule has 0 fully saturated rings. The fourth-order valence-corrected chi connectivity index (χ4v) is 7.38. The summed E-state index contributed by atoms with van der Waals surface area (Å²) in [6.45, 7) is 0. The predicted molar refractivity (Wildman–Crippen MR) is 209 cm³/mol. The third-order valence-corrected chi connectivity index (χ3v) is 9.82. The minimum atomic E-state index is -0.536. The second kappa shape index (κ2) is 11.6. The molecular weight excluding hydrogens is 629 g/mol. The van der Waals surface area contributed by atoms with Crippen molar-refractivity contribution in [3.63, 3.8) is 0 Å². The quantitative estimate of drug-likeness (QED) is 0.184. The van der Waals surface area contributed by atoms with Gasteiger partial charge in [0.1, 0.15) is 0 Å². The molecule has 0 unspecified atom stereocenters. The first-order chi connectivity index (χ1) is 28.9. The van der Waals surface area contributed by atoms with Gasteiger partial charge in [-0.15, -0.1) is 11.3 Å². The maximum absolute atomic E-state index is 9.32. The zero-order valence-electron chi connectivity index (χ0n) is 36.1. The topological polar surface area (TPSA) is 43.6 Å². The SMILES string of the molecule is [2H]c1c([2H])c([2H])c2c(sc3c([2H])c([2H])c4c5c([2H])c([2H])c([2H])c([2H])c5n(-c5nc(-c6ccccc6)nc(-c6ccc(-c7ccc(-c8ccccc8)cc7)cc6)n5)c4c32)c1[2H]. The lowest BCUT2D eigenvalue weighted by Crippen LogP contribution is -2.06. The van der Waals surface area contributed by atoms with Gasteiger partial charge in [-0.3, -0.25) is 4.57 Å². The van der Waals surface area contributed by atoms with Crippen molar-refractivity contribution in [3.05, 3.63) is 170 Å². The van der Waals surface area contributed by atoms with Gasteiger partial charge in [0.25, 0.3) is 0 Å². The number of hydrogen-bond acceptors (Lipinski definition) is 4. The highest BCUT2D eigenvalue weighted by Gasteiger charge is 2.21. The van der Waals surface area contributed by atoms with E-state index in [2.05, 4.69) is 36.4 Å². The Morgan fingerprint density at radius 2 is 0.960 bits per heavy atom. The molecule has 5 heteroatoms. The minimum Gasteiger partial charge on any atom is -0.277 e. The summed E-state index contributed by atoms with van der Waals surface area (Å²) in [6, 6.07) is 31.2. The number of para-hydroxylation sites is 1. The molecule has 7 aromatic carbocycles. The monoisotopic (exact) mass is 666 g/mol. The van der Waals surface area contributed by atoms with Crippen molar-refractivity contribution in [3.8, 4) is 51.0 Å². The molecule has 3 heterocycles. The summed E-state index contributed by atoms with van der Waals surface area (Å²) < 4.78 is 90.7. The maximum atomic E-state index is 9.32. The molecule has 0 radical (unpaired) electrons. The Bertz CT molecular complexity index is 3410. The summed E-state index contributed by atoms with van der Waals surface area (Å²) in [5, 5.41) is 0.260. The number of nitrogens with zero attached hydrogens (tertiary/aromatic N) is 4. The van der Waals surface area contributed by atoms with E-state index in [4.69, 9.17) is 25.9 Å². The Hall–Kier alpha value is -6.43. The van der Waals surface area contributed by atoms with Crippen LogP contribution in [0.5, 0.6) is 0 Å². The van der Waals surface area contributed by atoms with E-state index in [-0.39, 0.29) is 83.7 Å². The van der Waals surface area contributed by atoms with Crippen LogP contribution in [-0.2, 0) is 0 Å². The van der Waals surface area contributed by atoms with Gasteiger partial charge < -0.3 is 0 Å². The van der Waals surface area contributed by atoms with Crippen molar-refractivity contribution in [2.75, 3.05) is 0 Å². The first kappa shape index (κ1) is 20.2. The molecule has 50 heavy (non-hydrogen) atoms. The van der Waals surface area contributed by atoms with Crippen LogP contribution < -0.4 is 0 Å². The zero-order valence-corrected chi connectivity index (χ0v) is 26.9. The lowest BCUT2D eigenvalue weighted by molar-refractivity contribution is 0.955. The van der Waals surface area contributed by atoms with Crippen LogP contribution in [0.4, 0.5) is 0 Å². The molecule has 10 rings (SSSR count). The van der Waals surface area contributed by atoms with Gasteiger partial charge in [0.05, 0.1) is 24.7 Å². The van der Waals surface area contributed by atoms with Crippen molar-refractivity contribution in [2.45, 2.75) is 0 Å². The van der Waals surface area contributed by atoms with Gasteiger partial charge in [0, 0.05) is 42.1 Å². The van der Waals surface area contributed by atoms with E-state index < -0.39 is 36.3 Å². The number of fused-ring (bicyclic) bond motifs is 7. The third-order valence-electron chi connectivity index (χ3n) is 8.80. The van der Waals surface area contributed by atoms with E-state index in [0.29, 0.717) is 11.1 Å². The first-order valence-corrected chi connectivity index (χ1v) is 16.7. The number of hydrogen-bond donors (Lipinski definition) is 0. The van der Waals surface area contributed by atoms with Crippen LogP contribution in [0.2, 0.25) is 0 Å². The van der Waals surface area contributed by atoms with Crippen LogP contribution in [0.1, 0.15) is 13.7 Å². The maximum Gasteiger partial charge on any atom is 0.238 e. The minimum absolute atomic E-state index is 0.00692. The smallest absolute Gasteiger partial charge is 0.238 e. The van der Waals surface area contributed by atoms with Crippen molar-refractivity contribution in [1.82, 2.24) is 19.5 Å². The standard InChI is InChI=1S/C45H28N4S/c1-3-11-29(12-4-1)30-19-21-31(22-20-30)32-23-25-34(26-24-32)44-46-43(33-13-5-2-6-14-33)47-45(48-44)49-38-17-9-7-15-35(38)36-27-28-40-41(42(36)49)37-16-8-10-18-39(37)50-40/h1-28H/i7D,8D,9D,10D,15D,16D,17D,18D,27D,28D. The molecule has 234 valence electrons. The summed E-state index contributed by atoms with van der Waals surface area (Å²) in [4.78, 5) is 14.8. The third kappa shape index (κ3) is 4.71. The molecular formula is C45H28N4S. The van der Waals surface area contributed by atoms with Crippen LogP contribution in [0.3, 0.4) is 0 Å². The molecule has 0 amide bonds. The number of thiophene rings is 1. The van der Waals surface area contributed by atoms with Gasteiger partial charge in [-0.25, -0.2) is 4.98 Å². The van der Waals surface area contributed by atoms with Gasteiger partial charge in [-0.1, -0.05) is 151 Å². The lowest BCUT2D eigenvalue weighted by atomic mass is 9.99. The van der Waals surface area contributed by atoms with Crippen molar-refractivity contribution < 1.29 is 13.7 Å². The average molecular weight is 667 g/mol. The Morgan fingerprint density at radius 3 is 1.62 bits per heavy atom. The van der Waals surface area contributed by atoms with Crippen LogP contribution in [0.15, 0.2) is 170 Å². The predicted octanol–water partition coefficient (Wildman–Crippen LogP) is 12.0. The van der Waals surface area contributed by atoms with Crippen molar-refractivity contribution in [1.29, 1.82) is 0 Å². The molecule has 10 aromatic rings. The molecule has 0 saturated carbocycles. The Labute approximate surface area is 306 Å². The summed E-state index contributed by atoms with van der Waals surface area (Å²) in [6.07, 6.45) is 0. The summed E-state index contributed by atoms with van der Waals surface area (Å²) in [7, 11) is 0. The average Bonchev–Trinajstić information content (AvgIpc) is 3.87. The molecule has 0 spiro atoms. The van der Waals surface area contributed by atoms with Gasteiger partial charge in [-0.2, -0.15) is 9.97 Å².